The van der Waals surface area contributed by atoms with Gasteiger partial charge in [-0.05, 0) is 37.3 Å². The summed E-state index contributed by atoms with van der Waals surface area (Å²) in [7, 11) is 0. The predicted molar refractivity (Wildman–Crippen MR) is 104 cm³/mol. The number of rotatable bonds is 5. The normalized spacial score (nSPS) is 16.7. The van der Waals surface area contributed by atoms with Crippen LogP contribution in [-0.4, -0.2) is 34.3 Å². The van der Waals surface area contributed by atoms with Crippen molar-refractivity contribution in [1.29, 1.82) is 0 Å². The molecule has 26 heavy (non-hydrogen) atoms. The molecule has 8 heteroatoms. The molecule has 2 heterocycles. The van der Waals surface area contributed by atoms with E-state index in [-0.39, 0.29) is 17.7 Å². The van der Waals surface area contributed by atoms with E-state index in [9.17, 15) is 9.59 Å². The number of benzene rings is 1. The average molecular weight is 389 g/mol. The summed E-state index contributed by atoms with van der Waals surface area (Å²) in [5, 5.41) is 11.4. The summed E-state index contributed by atoms with van der Waals surface area (Å²) in [6, 6.07) is 8.08. The highest BCUT2D eigenvalue weighted by Crippen LogP contribution is 2.31. The lowest BCUT2D eigenvalue weighted by molar-refractivity contribution is -0.122. The Morgan fingerprint density at radius 1 is 1.23 bits per heavy atom. The van der Waals surface area contributed by atoms with Crippen LogP contribution < -0.4 is 10.2 Å². The van der Waals surface area contributed by atoms with Gasteiger partial charge in [0.2, 0.25) is 16.9 Å². The van der Waals surface area contributed by atoms with Gasteiger partial charge in [-0.3, -0.25) is 9.59 Å². The standard InChI is InChI=1S/C18H20N4O2S2/c23-15(22-10-4-8-12-5-1-2-9-14(12)22)11-25-18-21-20-17(26-18)19-16(24)13-6-3-7-13/h1-2,5,9,13H,3-4,6-8,10-11H2,(H,19,20,24). The van der Waals surface area contributed by atoms with Crippen LogP contribution in [0, 0.1) is 5.92 Å². The second kappa shape index (κ2) is 7.75. The lowest BCUT2D eigenvalue weighted by Crippen LogP contribution is -2.36. The van der Waals surface area contributed by atoms with Gasteiger partial charge in [-0.15, -0.1) is 10.2 Å². The maximum Gasteiger partial charge on any atom is 0.237 e. The van der Waals surface area contributed by atoms with E-state index in [1.165, 1.54) is 28.7 Å². The third-order valence-electron chi connectivity index (χ3n) is 4.84. The number of nitrogens with one attached hydrogen (secondary N) is 1. The Balaban J connectivity index is 1.33. The number of amides is 2. The van der Waals surface area contributed by atoms with Gasteiger partial charge in [0.1, 0.15) is 0 Å². The molecule has 1 saturated carbocycles. The Morgan fingerprint density at radius 3 is 2.88 bits per heavy atom. The van der Waals surface area contributed by atoms with Gasteiger partial charge in [0.05, 0.1) is 5.75 Å². The molecule has 0 saturated heterocycles. The summed E-state index contributed by atoms with van der Waals surface area (Å²) in [4.78, 5) is 26.5. The van der Waals surface area contributed by atoms with Crippen molar-refractivity contribution in [1.82, 2.24) is 10.2 Å². The van der Waals surface area contributed by atoms with Crippen LogP contribution in [-0.2, 0) is 16.0 Å². The van der Waals surface area contributed by atoms with Gasteiger partial charge < -0.3 is 10.2 Å². The van der Waals surface area contributed by atoms with Gasteiger partial charge in [0, 0.05) is 18.2 Å². The molecule has 0 spiro atoms. The van der Waals surface area contributed by atoms with Gasteiger partial charge in [-0.2, -0.15) is 0 Å². The molecule has 136 valence electrons. The van der Waals surface area contributed by atoms with Gasteiger partial charge in [-0.1, -0.05) is 47.7 Å². The van der Waals surface area contributed by atoms with E-state index in [0.717, 1.165) is 44.3 Å². The Bertz CT molecular complexity index is 819. The van der Waals surface area contributed by atoms with Gasteiger partial charge >= 0.3 is 0 Å². The fourth-order valence-corrected chi connectivity index (χ4v) is 4.82. The van der Waals surface area contributed by atoms with Crippen LogP contribution in [0.25, 0.3) is 0 Å². The van der Waals surface area contributed by atoms with Crippen LogP contribution >= 0.6 is 23.1 Å². The summed E-state index contributed by atoms with van der Waals surface area (Å²) in [5.74, 6) is 0.553. The molecule has 1 aliphatic carbocycles. The molecular weight excluding hydrogens is 368 g/mol. The molecule has 1 aromatic carbocycles. The fourth-order valence-electron chi connectivity index (χ4n) is 3.19. The van der Waals surface area contributed by atoms with E-state index >= 15 is 0 Å². The molecule has 1 fully saturated rings. The van der Waals surface area contributed by atoms with E-state index in [0.29, 0.717) is 15.2 Å². The highest BCUT2D eigenvalue weighted by Gasteiger charge is 2.26. The van der Waals surface area contributed by atoms with Gasteiger partial charge in [0.25, 0.3) is 0 Å². The van der Waals surface area contributed by atoms with Crippen LogP contribution in [0.5, 0.6) is 0 Å². The Labute approximate surface area is 160 Å². The molecule has 2 amide bonds. The molecule has 4 rings (SSSR count). The third kappa shape index (κ3) is 3.76. The van der Waals surface area contributed by atoms with Crippen molar-refractivity contribution < 1.29 is 9.59 Å². The van der Waals surface area contributed by atoms with E-state index in [4.69, 9.17) is 0 Å². The Kier molecular flexibility index (Phi) is 5.21. The summed E-state index contributed by atoms with van der Waals surface area (Å²) in [6.07, 6.45) is 5.05. The molecule has 1 aromatic heterocycles. The molecule has 0 atom stereocenters. The smallest absolute Gasteiger partial charge is 0.237 e. The summed E-state index contributed by atoms with van der Waals surface area (Å²) in [6.45, 7) is 0.759. The van der Waals surface area contributed by atoms with Crippen LogP contribution in [0.4, 0.5) is 10.8 Å². The number of anilines is 2. The third-order valence-corrected chi connectivity index (χ3v) is 6.80. The number of hydrogen-bond acceptors (Lipinski definition) is 6. The fraction of sp³-hybridized carbons (Fsp3) is 0.444. The van der Waals surface area contributed by atoms with Gasteiger partial charge in [0.15, 0.2) is 4.34 Å². The number of nitrogens with zero attached hydrogens (tertiary/aromatic N) is 3. The monoisotopic (exact) mass is 388 g/mol. The highest BCUT2D eigenvalue weighted by atomic mass is 32.2. The average Bonchev–Trinajstić information content (AvgIpc) is 3.05. The SMILES string of the molecule is O=C(Nc1nnc(SCC(=O)N2CCCc3ccccc32)s1)C1CCC1. The largest absolute Gasteiger partial charge is 0.311 e. The first-order chi connectivity index (χ1) is 12.7. The molecule has 1 aliphatic heterocycles. The highest BCUT2D eigenvalue weighted by molar-refractivity contribution is 8.01. The first kappa shape index (κ1) is 17.5. The van der Waals surface area contributed by atoms with Crippen molar-refractivity contribution in [2.24, 2.45) is 5.92 Å². The minimum absolute atomic E-state index is 0.0324. The topological polar surface area (TPSA) is 75.2 Å². The molecule has 0 radical (unpaired) electrons. The van der Waals surface area contributed by atoms with Crippen LogP contribution in [0.2, 0.25) is 0 Å². The van der Waals surface area contributed by atoms with E-state index in [1.807, 2.05) is 23.1 Å². The maximum absolute atomic E-state index is 12.6. The molecule has 1 N–H and O–H groups in total. The zero-order valence-corrected chi connectivity index (χ0v) is 15.9. The van der Waals surface area contributed by atoms with Crippen LogP contribution in [0.15, 0.2) is 28.6 Å². The molecule has 2 aromatic rings. The second-order valence-corrected chi connectivity index (χ2v) is 8.76. The number of aryl methyl sites for hydroxylation is 1. The number of thioether (sulfide) groups is 1. The Hall–Kier alpha value is -1.93. The lowest BCUT2D eigenvalue weighted by Gasteiger charge is -2.29. The number of carbonyl (C=O) groups excluding carboxylic acids is 2. The van der Waals surface area contributed by atoms with E-state index < -0.39 is 0 Å². The van der Waals surface area contributed by atoms with Crippen molar-refractivity contribution in [3.63, 3.8) is 0 Å². The molecule has 2 aliphatic rings. The zero-order chi connectivity index (χ0) is 17.9. The van der Waals surface area contributed by atoms with Gasteiger partial charge in [-0.25, -0.2) is 0 Å². The predicted octanol–water partition coefficient (Wildman–Crippen LogP) is 3.35. The number of hydrogen-bond donors (Lipinski definition) is 1. The molecule has 0 unspecified atom stereocenters. The zero-order valence-electron chi connectivity index (χ0n) is 14.3. The minimum atomic E-state index is 0.0324. The van der Waals surface area contributed by atoms with Crippen molar-refractivity contribution in [2.75, 3.05) is 22.5 Å². The molecule has 6 nitrogen and oxygen atoms in total. The first-order valence-electron chi connectivity index (χ1n) is 8.86. The van der Waals surface area contributed by atoms with Crippen molar-refractivity contribution in [3.8, 4) is 0 Å². The second-order valence-electron chi connectivity index (χ2n) is 6.56. The summed E-state index contributed by atoms with van der Waals surface area (Å²) >= 11 is 2.70. The van der Waals surface area contributed by atoms with E-state index in [2.05, 4.69) is 21.6 Å². The number of fused-ring (bicyclic) bond motifs is 1. The lowest BCUT2D eigenvalue weighted by atomic mass is 9.85. The van der Waals surface area contributed by atoms with Crippen molar-refractivity contribution in [2.45, 2.75) is 36.4 Å². The molecule has 0 bridgehead atoms. The van der Waals surface area contributed by atoms with Crippen LogP contribution in [0.1, 0.15) is 31.2 Å². The number of carbonyl (C=O) groups is 2. The molecular formula is C18H20N4O2S2. The summed E-state index contributed by atoms with van der Waals surface area (Å²) < 4.78 is 0.701. The quantitative estimate of drug-likeness (QED) is 0.628. The van der Waals surface area contributed by atoms with Crippen LogP contribution in [0.3, 0.4) is 0 Å². The van der Waals surface area contributed by atoms with Crippen molar-refractivity contribution >= 4 is 45.7 Å². The number of para-hydroxylation sites is 1. The number of aromatic nitrogens is 2. The van der Waals surface area contributed by atoms with E-state index in [1.54, 1.807) is 0 Å². The summed E-state index contributed by atoms with van der Waals surface area (Å²) in [5.41, 5.74) is 2.25. The Morgan fingerprint density at radius 2 is 2.08 bits per heavy atom. The maximum atomic E-state index is 12.6. The first-order valence-corrected chi connectivity index (χ1v) is 10.7. The minimum Gasteiger partial charge on any atom is -0.311 e. The van der Waals surface area contributed by atoms with Crippen molar-refractivity contribution in [3.05, 3.63) is 29.8 Å².